The van der Waals surface area contributed by atoms with Crippen molar-refractivity contribution in [2.45, 2.75) is 13.5 Å². The highest BCUT2D eigenvalue weighted by Crippen LogP contribution is 2.18. The van der Waals surface area contributed by atoms with Crippen LogP contribution in [0.4, 0.5) is 0 Å². The first-order valence-electron chi connectivity index (χ1n) is 5.32. The number of thioether (sulfide) groups is 1. The predicted octanol–water partition coefficient (Wildman–Crippen LogP) is 2.41. The van der Waals surface area contributed by atoms with Crippen molar-refractivity contribution in [2.24, 2.45) is 0 Å². The third-order valence-electron chi connectivity index (χ3n) is 2.71. The number of aryl methyl sites for hydroxylation is 2. The summed E-state index contributed by atoms with van der Waals surface area (Å²) in [6.07, 6.45) is 2.05. The van der Waals surface area contributed by atoms with Gasteiger partial charge in [-0.1, -0.05) is 0 Å². The molecular formula is C12H14N2O2S. The van der Waals surface area contributed by atoms with Gasteiger partial charge in [0.1, 0.15) is 5.82 Å². The van der Waals surface area contributed by atoms with E-state index < -0.39 is 5.97 Å². The van der Waals surface area contributed by atoms with E-state index in [2.05, 4.69) is 15.8 Å². The quantitative estimate of drug-likeness (QED) is 0.905. The number of carboxylic acid groups (broad SMARTS) is 1. The zero-order valence-corrected chi connectivity index (χ0v) is 10.6. The molecule has 0 unspecified atom stereocenters. The van der Waals surface area contributed by atoms with E-state index in [1.54, 1.807) is 30.0 Å². The van der Waals surface area contributed by atoms with Crippen LogP contribution in [0, 0.1) is 6.92 Å². The number of hydrogen-bond donors (Lipinski definition) is 1. The van der Waals surface area contributed by atoms with E-state index in [9.17, 15) is 4.79 Å². The zero-order chi connectivity index (χ0) is 12.4. The van der Waals surface area contributed by atoms with Crippen molar-refractivity contribution in [3.05, 3.63) is 29.6 Å². The number of fused-ring (bicyclic) bond motifs is 1. The van der Waals surface area contributed by atoms with E-state index >= 15 is 0 Å². The third-order valence-corrected chi connectivity index (χ3v) is 3.30. The second-order valence-corrected chi connectivity index (χ2v) is 4.80. The van der Waals surface area contributed by atoms with Crippen molar-refractivity contribution in [1.29, 1.82) is 0 Å². The van der Waals surface area contributed by atoms with Crippen LogP contribution in [0.15, 0.2) is 18.2 Å². The molecule has 0 atom stereocenters. The minimum absolute atomic E-state index is 0.308. The summed E-state index contributed by atoms with van der Waals surface area (Å²) in [5, 5.41) is 8.98. The highest BCUT2D eigenvalue weighted by molar-refractivity contribution is 7.98. The lowest BCUT2D eigenvalue weighted by molar-refractivity contribution is 0.0697. The van der Waals surface area contributed by atoms with Gasteiger partial charge in [0.2, 0.25) is 0 Å². The van der Waals surface area contributed by atoms with Gasteiger partial charge in [0.15, 0.2) is 0 Å². The normalized spacial score (nSPS) is 10.9. The molecule has 0 amide bonds. The summed E-state index contributed by atoms with van der Waals surface area (Å²) in [7, 11) is 0. The van der Waals surface area contributed by atoms with Gasteiger partial charge in [0.05, 0.1) is 16.6 Å². The van der Waals surface area contributed by atoms with Crippen LogP contribution >= 0.6 is 11.8 Å². The summed E-state index contributed by atoms with van der Waals surface area (Å²) in [5.74, 6) is 1.02. The Balaban J connectivity index is 2.52. The monoisotopic (exact) mass is 250 g/mol. The molecule has 0 aliphatic carbocycles. The number of nitrogens with zero attached hydrogens (tertiary/aromatic N) is 2. The SMILES string of the molecule is CSCCn1c(C)nc2ccc(C(=O)O)cc21. The molecule has 0 aliphatic heterocycles. The number of imidazole rings is 1. The molecule has 1 aromatic carbocycles. The number of hydrogen-bond acceptors (Lipinski definition) is 3. The number of aromatic carboxylic acids is 1. The topological polar surface area (TPSA) is 55.1 Å². The van der Waals surface area contributed by atoms with E-state index in [1.807, 2.05) is 6.92 Å². The minimum Gasteiger partial charge on any atom is -0.478 e. The lowest BCUT2D eigenvalue weighted by Gasteiger charge is -2.05. The van der Waals surface area contributed by atoms with Gasteiger partial charge in [-0.15, -0.1) is 0 Å². The summed E-state index contributed by atoms with van der Waals surface area (Å²) >= 11 is 1.76. The molecule has 0 saturated carbocycles. The van der Waals surface area contributed by atoms with Crippen LogP contribution in [0.2, 0.25) is 0 Å². The van der Waals surface area contributed by atoms with Gasteiger partial charge in [0.25, 0.3) is 0 Å². The molecule has 0 radical (unpaired) electrons. The summed E-state index contributed by atoms with van der Waals surface area (Å²) in [6, 6.07) is 5.05. The van der Waals surface area contributed by atoms with Gasteiger partial charge < -0.3 is 9.67 Å². The van der Waals surface area contributed by atoms with E-state index in [0.29, 0.717) is 5.56 Å². The van der Waals surface area contributed by atoms with E-state index in [1.165, 1.54) is 0 Å². The van der Waals surface area contributed by atoms with E-state index in [4.69, 9.17) is 5.11 Å². The van der Waals surface area contributed by atoms with Crippen LogP contribution in [0.3, 0.4) is 0 Å². The molecule has 90 valence electrons. The number of aromatic nitrogens is 2. The van der Waals surface area contributed by atoms with Crippen LogP contribution in [0.25, 0.3) is 11.0 Å². The van der Waals surface area contributed by atoms with Crippen molar-refractivity contribution in [1.82, 2.24) is 9.55 Å². The van der Waals surface area contributed by atoms with Gasteiger partial charge >= 0.3 is 5.97 Å². The average molecular weight is 250 g/mol. The summed E-state index contributed by atoms with van der Waals surface area (Å²) in [4.78, 5) is 15.4. The number of carbonyl (C=O) groups is 1. The molecule has 1 heterocycles. The lowest BCUT2D eigenvalue weighted by Crippen LogP contribution is -2.03. The largest absolute Gasteiger partial charge is 0.478 e. The molecular weight excluding hydrogens is 236 g/mol. The van der Waals surface area contributed by atoms with Gasteiger partial charge in [-0.2, -0.15) is 11.8 Å². The Kier molecular flexibility index (Phi) is 3.38. The number of carboxylic acids is 1. The van der Waals surface area contributed by atoms with E-state index in [-0.39, 0.29) is 0 Å². The van der Waals surface area contributed by atoms with Crippen molar-refractivity contribution in [2.75, 3.05) is 12.0 Å². The Hall–Kier alpha value is -1.49. The fourth-order valence-electron chi connectivity index (χ4n) is 1.84. The van der Waals surface area contributed by atoms with Crippen LogP contribution in [-0.4, -0.2) is 32.6 Å². The second kappa shape index (κ2) is 4.79. The van der Waals surface area contributed by atoms with Crippen LogP contribution < -0.4 is 0 Å². The minimum atomic E-state index is -0.901. The molecule has 5 heteroatoms. The Morgan fingerprint density at radius 2 is 2.29 bits per heavy atom. The maximum Gasteiger partial charge on any atom is 0.335 e. The average Bonchev–Trinajstić information content (AvgIpc) is 2.61. The van der Waals surface area contributed by atoms with Crippen LogP contribution in [0.5, 0.6) is 0 Å². The zero-order valence-electron chi connectivity index (χ0n) is 9.80. The summed E-state index contributed by atoms with van der Waals surface area (Å²) in [5.41, 5.74) is 2.06. The van der Waals surface area contributed by atoms with Crippen molar-refractivity contribution < 1.29 is 9.90 Å². The highest BCUT2D eigenvalue weighted by atomic mass is 32.2. The first kappa shape index (κ1) is 12.0. The summed E-state index contributed by atoms with van der Waals surface area (Å²) < 4.78 is 2.07. The third kappa shape index (κ3) is 2.29. The molecule has 0 fully saturated rings. The molecule has 0 saturated heterocycles. The van der Waals surface area contributed by atoms with Gasteiger partial charge in [-0.3, -0.25) is 0 Å². The van der Waals surface area contributed by atoms with Crippen molar-refractivity contribution >= 4 is 28.8 Å². The van der Waals surface area contributed by atoms with E-state index in [0.717, 1.165) is 29.2 Å². The molecule has 1 aromatic heterocycles. The molecule has 2 aromatic rings. The molecule has 0 aliphatic rings. The molecule has 2 rings (SSSR count). The highest BCUT2D eigenvalue weighted by Gasteiger charge is 2.10. The summed E-state index contributed by atoms with van der Waals surface area (Å²) in [6.45, 7) is 2.80. The Morgan fingerprint density at radius 3 is 2.94 bits per heavy atom. The molecule has 4 nitrogen and oxygen atoms in total. The Bertz CT molecular complexity index is 563. The molecule has 17 heavy (non-hydrogen) atoms. The molecule has 0 spiro atoms. The van der Waals surface area contributed by atoms with Crippen molar-refractivity contribution in [3.8, 4) is 0 Å². The molecule has 1 N–H and O–H groups in total. The maximum absolute atomic E-state index is 10.9. The predicted molar refractivity (Wildman–Crippen MR) is 69.8 cm³/mol. The first-order chi connectivity index (χ1) is 8.13. The number of rotatable bonds is 4. The molecule has 0 bridgehead atoms. The first-order valence-corrected chi connectivity index (χ1v) is 6.72. The van der Waals surface area contributed by atoms with Gasteiger partial charge in [-0.25, -0.2) is 9.78 Å². The van der Waals surface area contributed by atoms with Gasteiger partial charge in [-0.05, 0) is 31.4 Å². The van der Waals surface area contributed by atoms with Crippen LogP contribution in [0.1, 0.15) is 16.2 Å². The Morgan fingerprint density at radius 1 is 1.53 bits per heavy atom. The fourth-order valence-corrected chi connectivity index (χ4v) is 2.21. The van der Waals surface area contributed by atoms with Gasteiger partial charge in [0, 0.05) is 12.3 Å². The van der Waals surface area contributed by atoms with Crippen molar-refractivity contribution in [3.63, 3.8) is 0 Å². The standard InChI is InChI=1S/C12H14N2O2S/c1-8-13-10-4-3-9(12(15)16)7-11(10)14(8)5-6-17-2/h3-4,7H,5-6H2,1-2H3,(H,15,16). The van der Waals surface area contributed by atoms with Crippen LogP contribution in [-0.2, 0) is 6.54 Å². The second-order valence-electron chi connectivity index (χ2n) is 3.81. The lowest BCUT2D eigenvalue weighted by atomic mass is 10.2. The number of benzene rings is 1. The fraction of sp³-hybridized carbons (Fsp3) is 0.333. The Labute approximate surface area is 104 Å². The maximum atomic E-state index is 10.9. The smallest absolute Gasteiger partial charge is 0.335 e.